The second-order valence-electron chi connectivity index (χ2n) is 7.32. The second-order valence-corrected chi connectivity index (χ2v) is 9.26. The molecule has 0 radical (unpaired) electrons. The number of para-hydroxylation sites is 1. The normalized spacial score (nSPS) is 16.4. The molecule has 1 fully saturated rings. The minimum atomic E-state index is -3.54. The van der Waals surface area contributed by atoms with Gasteiger partial charge >= 0.3 is 0 Å². The van der Waals surface area contributed by atoms with Crippen molar-refractivity contribution in [3.63, 3.8) is 0 Å². The average molecular weight is 417 g/mol. The van der Waals surface area contributed by atoms with Gasteiger partial charge in [-0.1, -0.05) is 42.8 Å². The summed E-state index contributed by atoms with van der Waals surface area (Å²) < 4.78 is 33.1. The van der Waals surface area contributed by atoms with Crippen molar-refractivity contribution < 1.29 is 17.9 Å². The van der Waals surface area contributed by atoms with E-state index >= 15 is 0 Å². The van der Waals surface area contributed by atoms with Crippen LogP contribution in [0.25, 0.3) is 0 Å². The summed E-state index contributed by atoms with van der Waals surface area (Å²) in [6, 6.07) is 14.5. The Kier molecular flexibility index (Phi) is 6.59. The van der Waals surface area contributed by atoms with Gasteiger partial charge in [-0.05, 0) is 44.0 Å². The van der Waals surface area contributed by atoms with Crippen molar-refractivity contribution >= 4 is 15.9 Å². The second kappa shape index (κ2) is 8.97. The van der Waals surface area contributed by atoms with Crippen LogP contribution < -0.4 is 4.74 Å². The highest BCUT2D eigenvalue weighted by molar-refractivity contribution is 7.89. The standard InChI is InChI=1S/C22H28N2O4S/c1-4-20(28-21-8-6-5-7-18(21)3)22(25)23-13-15-24(16-14-23)29(26,27)19-11-9-17(2)10-12-19/h5-12,20H,4,13-16H2,1-3H3/t20-/m0/s1. The van der Waals surface area contributed by atoms with Crippen LogP contribution in [0.3, 0.4) is 0 Å². The fourth-order valence-corrected chi connectivity index (χ4v) is 4.78. The molecule has 1 amide bonds. The van der Waals surface area contributed by atoms with E-state index in [0.29, 0.717) is 25.3 Å². The quantitative estimate of drug-likeness (QED) is 0.726. The molecule has 1 atom stereocenters. The molecule has 0 N–H and O–H groups in total. The highest BCUT2D eigenvalue weighted by atomic mass is 32.2. The number of hydrogen-bond donors (Lipinski definition) is 0. The number of sulfonamides is 1. The van der Waals surface area contributed by atoms with Gasteiger partial charge in [-0.15, -0.1) is 0 Å². The molecule has 2 aromatic rings. The molecular weight excluding hydrogens is 388 g/mol. The van der Waals surface area contributed by atoms with Crippen molar-refractivity contribution in [1.29, 1.82) is 0 Å². The zero-order chi connectivity index (χ0) is 21.0. The molecule has 0 aliphatic carbocycles. The van der Waals surface area contributed by atoms with Crippen molar-refractivity contribution in [1.82, 2.24) is 9.21 Å². The number of nitrogens with zero attached hydrogens (tertiary/aromatic N) is 2. The predicted molar refractivity (Wildman–Crippen MR) is 112 cm³/mol. The molecule has 29 heavy (non-hydrogen) atoms. The molecule has 2 aromatic carbocycles. The van der Waals surface area contributed by atoms with Gasteiger partial charge in [0.2, 0.25) is 10.0 Å². The summed E-state index contributed by atoms with van der Waals surface area (Å²) in [7, 11) is -3.54. The van der Waals surface area contributed by atoms with E-state index in [1.165, 1.54) is 4.31 Å². The van der Waals surface area contributed by atoms with Gasteiger partial charge in [-0.2, -0.15) is 4.31 Å². The Labute approximate surface area is 173 Å². The first-order chi connectivity index (χ1) is 13.8. The zero-order valence-corrected chi connectivity index (χ0v) is 18.0. The van der Waals surface area contributed by atoms with E-state index in [9.17, 15) is 13.2 Å². The van der Waals surface area contributed by atoms with Crippen LogP contribution in [-0.4, -0.2) is 55.8 Å². The number of aryl methyl sites for hydroxylation is 2. The Balaban J connectivity index is 1.64. The Morgan fingerprint density at radius 3 is 2.21 bits per heavy atom. The van der Waals surface area contributed by atoms with Gasteiger partial charge in [0.25, 0.3) is 5.91 Å². The Morgan fingerprint density at radius 2 is 1.62 bits per heavy atom. The molecule has 0 aromatic heterocycles. The average Bonchev–Trinajstić information content (AvgIpc) is 2.73. The Morgan fingerprint density at radius 1 is 1.00 bits per heavy atom. The lowest BCUT2D eigenvalue weighted by molar-refractivity contribution is -0.140. The maximum atomic E-state index is 12.9. The van der Waals surface area contributed by atoms with Gasteiger partial charge in [0.05, 0.1) is 4.90 Å². The molecule has 1 saturated heterocycles. The molecule has 7 heteroatoms. The molecule has 1 aliphatic rings. The van der Waals surface area contributed by atoms with E-state index in [1.807, 2.05) is 45.0 Å². The number of benzene rings is 2. The van der Waals surface area contributed by atoms with E-state index in [4.69, 9.17) is 4.74 Å². The monoisotopic (exact) mass is 416 g/mol. The van der Waals surface area contributed by atoms with Gasteiger partial charge in [0.15, 0.2) is 6.10 Å². The number of amides is 1. The lowest BCUT2D eigenvalue weighted by Gasteiger charge is -2.35. The molecule has 1 heterocycles. The fourth-order valence-electron chi connectivity index (χ4n) is 3.36. The number of piperazine rings is 1. The minimum absolute atomic E-state index is 0.0943. The summed E-state index contributed by atoms with van der Waals surface area (Å²) in [5.74, 6) is 0.608. The van der Waals surface area contributed by atoms with Crippen LogP contribution in [-0.2, 0) is 14.8 Å². The van der Waals surface area contributed by atoms with Crippen LogP contribution in [0.2, 0.25) is 0 Å². The fraction of sp³-hybridized carbons (Fsp3) is 0.409. The first kappa shape index (κ1) is 21.3. The third-order valence-corrected chi connectivity index (χ3v) is 7.13. The SMILES string of the molecule is CC[C@H](Oc1ccccc1C)C(=O)N1CCN(S(=O)(=O)c2ccc(C)cc2)CC1. The van der Waals surface area contributed by atoms with E-state index in [0.717, 1.165) is 11.1 Å². The molecule has 156 valence electrons. The highest BCUT2D eigenvalue weighted by Gasteiger charge is 2.32. The van der Waals surface area contributed by atoms with Gasteiger partial charge in [0.1, 0.15) is 5.75 Å². The molecule has 0 unspecified atom stereocenters. The molecule has 3 rings (SSSR count). The number of ether oxygens (including phenoxy) is 1. The van der Waals surface area contributed by atoms with E-state index < -0.39 is 16.1 Å². The molecular formula is C22H28N2O4S. The summed E-state index contributed by atoms with van der Waals surface area (Å²) in [5, 5.41) is 0. The van der Waals surface area contributed by atoms with E-state index in [-0.39, 0.29) is 23.9 Å². The Bertz CT molecular complexity index is 949. The summed E-state index contributed by atoms with van der Waals surface area (Å²) in [6.45, 7) is 7.06. The van der Waals surface area contributed by atoms with Gasteiger partial charge in [-0.3, -0.25) is 4.79 Å². The number of carbonyl (C=O) groups excluding carboxylic acids is 1. The summed E-state index contributed by atoms with van der Waals surface area (Å²) >= 11 is 0. The topological polar surface area (TPSA) is 66.9 Å². The van der Waals surface area contributed by atoms with E-state index in [1.54, 1.807) is 29.2 Å². The third kappa shape index (κ3) is 4.79. The van der Waals surface area contributed by atoms with Crippen LogP contribution in [0, 0.1) is 13.8 Å². The van der Waals surface area contributed by atoms with Crippen LogP contribution in [0.5, 0.6) is 5.75 Å². The van der Waals surface area contributed by atoms with Crippen LogP contribution in [0.4, 0.5) is 0 Å². The molecule has 0 bridgehead atoms. The molecule has 1 aliphatic heterocycles. The number of carbonyl (C=O) groups is 1. The number of hydrogen-bond acceptors (Lipinski definition) is 4. The van der Waals surface area contributed by atoms with E-state index in [2.05, 4.69) is 0 Å². The van der Waals surface area contributed by atoms with Crippen LogP contribution >= 0.6 is 0 Å². The smallest absolute Gasteiger partial charge is 0.263 e. The van der Waals surface area contributed by atoms with Crippen LogP contribution in [0.1, 0.15) is 24.5 Å². The lowest BCUT2D eigenvalue weighted by atomic mass is 10.2. The maximum Gasteiger partial charge on any atom is 0.263 e. The lowest BCUT2D eigenvalue weighted by Crippen LogP contribution is -2.53. The van der Waals surface area contributed by atoms with Gasteiger partial charge in [-0.25, -0.2) is 8.42 Å². The number of rotatable bonds is 6. The maximum absolute atomic E-state index is 12.9. The van der Waals surface area contributed by atoms with Crippen LogP contribution in [0.15, 0.2) is 53.4 Å². The van der Waals surface area contributed by atoms with Gasteiger partial charge in [0, 0.05) is 26.2 Å². The predicted octanol–water partition coefficient (Wildman–Crippen LogP) is 2.99. The first-order valence-electron chi connectivity index (χ1n) is 9.91. The molecule has 6 nitrogen and oxygen atoms in total. The van der Waals surface area contributed by atoms with Gasteiger partial charge < -0.3 is 9.64 Å². The minimum Gasteiger partial charge on any atom is -0.480 e. The van der Waals surface area contributed by atoms with Crippen molar-refractivity contribution in [2.45, 2.75) is 38.2 Å². The molecule has 0 saturated carbocycles. The third-order valence-electron chi connectivity index (χ3n) is 5.22. The van der Waals surface area contributed by atoms with Crippen molar-refractivity contribution in [2.24, 2.45) is 0 Å². The molecule has 0 spiro atoms. The van der Waals surface area contributed by atoms with Crippen molar-refractivity contribution in [3.8, 4) is 5.75 Å². The Hall–Kier alpha value is -2.38. The zero-order valence-electron chi connectivity index (χ0n) is 17.2. The van der Waals surface area contributed by atoms with Crippen molar-refractivity contribution in [2.75, 3.05) is 26.2 Å². The first-order valence-corrected chi connectivity index (χ1v) is 11.3. The summed E-state index contributed by atoms with van der Waals surface area (Å²) in [4.78, 5) is 14.9. The van der Waals surface area contributed by atoms with Crippen molar-refractivity contribution in [3.05, 3.63) is 59.7 Å². The summed E-state index contributed by atoms with van der Waals surface area (Å²) in [5.41, 5.74) is 1.99. The highest BCUT2D eigenvalue weighted by Crippen LogP contribution is 2.22. The summed E-state index contributed by atoms with van der Waals surface area (Å²) in [6.07, 6.45) is -0.0222. The largest absolute Gasteiger partial charge is 0.480 e.